The van der Waals surface area contributed by atoms with Gasteiger partial charge in [-0.1, -0.05) is 32.9 Å². The molecule has 0 aromatic carbocycles. The fourth-order valence-corrected chi connectivity index (χ4v) is 2.42. The van der Waals surface area contributed by atoms with Crippen LogP contribution in [0.2, 0.25) is 0 Å². The van der Waals surface area contributed by atoms with E-state index in [1.54, 1.807) is 0 Å². The second kappa shape index (κ2) is 8.79. The molecule has 0 spiro atoms. The maximum Gasteiger partial charge on any atom is 0.234 e. The summed E-state index contributed by atoms with van der Waals surface area (Å²) in [5.74, 6) is -0.188. The summed E-state index contributed by atoms with van der Waals surface area (Å²) in [7, 11) is 0. The highest BCUT2D eigenvalue weighted by molar-refractivity contribution is 6.06. The Morgan fingerprint density at radius 1 is 1.30 bits per heavy atom. The average Bonchev–Trinajstić information content (AvgIpc) is 2.46. The number of amides is 1. The van der Waals surface area contributed by atoms with Crippen LogP contribution in [-0.2, 0) is 4.79 Å². The van der Waals surface area contributed by atoms with Gasteiger partial charge in [0.25, 0.3) is 0 Å². The molecule has 1 unspecified atom stereocenters. The van der Waals surface area contributed by atoms with Crippen LogP contribution in [0.5, 0.6) is 0 Å². The number of hydrogen-bond acceptors (Lipinski definition) is 4. The number of nitrogens with one attached hydrogen (secondary N) is 1. The molecule has 1 amide bonds. The van der Waals surface area contributed by atoms with E-state index in [4.69, 9.17) is 10.9 Å². The molecule has 0 saturated heterocycles. The first-order chi connectivity index (χ1) is 9.41. The standard InChI is InChI=1S/C14H30N4O2/c1-6-14(7-2,12(15)17-20)13(19)16-11(5)10-18(8-3)9-4/h11,20H,6-10H2,1-5H3,(H2,15,17)(H,16,19). The number of oxime groups is 1. The molecular weight excluding hydrogens is 256 g/mol. The Bertz CT molecular complexity index is 323. The molecule has 0 aliphatic rings. The smallest absolute Gasteiger partial charge is 0.234 e. The van der Waals surface area contributed by atoms with E-state index in [1.807, 2.05) is 20.8 Å². The van der Waals surface area contributed by atoms with Crippen LogP contribution in [0.4, 0.5) is 0 Å². The molecule has 0 aromatic heterocycles. The molecule has 0 fully saturated rings. The van der Waals surface area contributed by atoms with Crippen LogP contribution >= 0.6 is 0 Å². The molecule has 4 N–H and O–H groups in total. The van der Waals surface area contributed by atoms with Gasteiger partial charge >= 0.3 is 0 Å². The molecule has 0 bridgehead atoms. The van der Waals surface area contributed by atoms with Crippen molar-refractivity contribution in [2.24, 2.45) is 16.3 Å². The van der Waals surface area contributed by atoms with Crippen molar-refractivity contribution in [1.29, 1.82) is 0 Å². The maximum atomic E-state index is 12.5. The van der Waals surface area contributed by atoms with E-state index in [-0.39, 0.29) is 17.8 Å². The Hall–Kier alpha value is -1.30. The van der Waals surface area contributed by atoms with Gasteiger partial charge in [0.15, 0.2) is 5.84 Å². The lowest BCUT2D eigenvalue weighted by Crippen LogP contribution is -2.53. The van der Waals surface area contributed by atoms with Gasteiger partial charge in [0.1, 0.15) is 5.41 Å². The molecule has 0 rings (SSSR count). The molecular formula is C14H30N4O2. The molecule has 0 heterocycles. The van der Waals surface area contributed by atoms with E-state index < -0.39 is 5.41 Å². The first-order valence-electron chi connectivity index (χ1n) is 7.42. The minimum absolute atomic E-state index is 0.0185. The molecule has 0 aliphatic carbocycles. The molecule has 118 valence electrons. The summed E-state index contributed by atoms with van der Waals surface area (Å²) in [5.41, 5.74) is 4.81. The van der Waals surface area contributed by atoms with E-state index in [0.717, 1.165) is 19.6 Å². The lowest BCUT2D eigenvalue weighted by atomic mass is 9.80. The maximum absolute atomic E-state index is 12.5. The number of carbonyl (C=O) groups is 1. The fraction of sp³-hybridized carbons (Fsp3) is 0.857. The highest BCUT2D eigenvalue weighted by Crippen LogP contribution is 2.27. The number of nitrogens with two attached hydrogens (primary N) is 1. The van der Waals surface area contributed by atoms with Crippen molar-refractivity contribution in [2.75, 3.05) is 19.6 Å². The van der Waals surface area contributed by atoms with Gasteiger partial charge in [0, 0.05) is 12.6 Å². The van der Waals surface area contributed by atoms with E-state index in [0.29, 0.717) is 12.8 Å². The quantitative estimate of drug-likeness (QED) is 0.258. The number of hydrogen-bond donors (Lipinski definition) is 3. The van der Waals surface area contributed by atoms with E-state index in [2.05, 4.69) is 29.2 Å². The number of rotatable bonds is 9. The van der Waals surface area contributed by atoms with Crippen LogP contribution in [0.3, 0.4) is 0 Å². The third-order valence-corrected chi connectivity index (χ3v) is 4.04. The summed E-state index contributed by atoms with van der Waals surface area (Å²) in [5, 5.41) is 14.9. The number of amidine groups is 1. The van der Waals surface area contributed by atoms with Crippen molar-refractivity contribution < 1.29 is 10.0 Å². The van der Waals surface area contributed by atoms with Crippen LogP contribution < -0.4 is 11.1 Å². The molecule has 1 atom stereocenters. The molecule has 20 heavy (non-hydrogen) atoms. The normalized spacial score (nSPS) is 14.4. The minimum Gasteiger partial charge on any atom is -0.409 e. The summed E-state index contributed by atoms with van der Waals surface area (Å²) in [6.45, 7) is 12.6. The topological polar surface area (TPSA) is 91.0 Å². The van der Waals surface area contributed by atoms with Crippen LogP contribution in [0.25, 0.3) is 0 Å². The third kappa shape index (κ3) is 4.37. The first-order valence-corrected chi connectivity index (χ1v) is 7.42. The molecule has 6 nitrogen and oxygen atoms in total. The monoisotopic (exact) mass is 286 g/mol. The van der Waals surface area contributed by atoms with Crippen molar-refractivity contribution in [2.45, 2.75) is 53.5 Å². The highest BCUT2D eigenvalue weighted by Gasteiger charge is 2.40. The fourth-order valence-electron chi connectivity index (χ4n) is 2.42. The predicted octanol–water partition coefficient (Wildman–Crippen LogP) is 1.39. The Morgan fingerprint density at radius 2 is 1.80 bits per heavy atom. The van der Waals surface area contributed by atoms with E-state index in [1.165, 1.54) is 0 Å². The Labute approximate surface area is 122 Å². The van der Waals surface area contributed by atoms with Crippen molar-refractivity contribution in [1.82, 2.24) is 10.2 Å². The SMILES string of the molecule is CCN(CC)CC(C)NC(=O)C(CC)(CC)C(N)=NO. The second-order valence-electron chi connectivity index (χ2n) is 5.13. The number of likely N-dealkylation sites (N-methyl/N-ethyl adjacent to an activating group) is 1. The highest BCUT2D eigenvalue weighted by atomic mass is 16.4. The zero-order valence-corrected chi connectivity index (χ0v) is 13.4. The van der Waals surface area contributed by atoms with Crippen LogP contribution in [0.15, 0.2) is 5.16 Å². The van der Waals surface area contributed by atoms with Gasteiger partial charge in [0.05, 0.1) is 0 Å². The van der Waals surface area contributed by atoms with Crippen molar-refractivity contribution in [3.05, 3.63) is 0 Å². The van der Waals surface area contributed by atoms with E-state index >= 15 is 0 Å². The zero-order chi connectivity index (χ0) is 15.8. The molecule has 0 radical (unpaired) electrons. The van der Waals surface area contributed by atoms with Gasteiger partial charge in [-0.3, -0.25) is 4.79 Å². The van der Waals surface area contributed by atoms with Gasteiger partial charge in [0.2, 0.25) is 5.91 Å². The summed E-state index contributed by atoms with van der Waals surface area (Å²) < 4.78 is 0. The third-order valence-electron chi connectivity index (χ3n) is 4.04. The van der Waals surface area contributed by atoms with Crippen LogP contribution in [0.1, 0.15) is 47.5 Å². The predicted molar refractivity (Wildman–Crippen MR) is 81.8 cm³/mol. The molecule has 0 aromatic rings. The van der Waals surface area contributed by atoms with Crippen molar-refractivity contribution >= 4 is 11.7 Å². The Kier molecular flexibility index (Phi) is 8.22. The summed E-state index contributed by atoms with van der Waals surface area (Å²) >= 11 is 0. The van der Waals surface area contributed by atoms with Gasteiger partial charge in [-0.05, 0) is 32.9 Å². The Balaban J connectivity index is 4.86. The van der Waals surface area contributed by atoms with Crippen molar-refractivity contribution in [3.8, 4) is 0 Å². The molecule has 6 heteroatoms. The van der Waals surface area contributed by atoms with Crippen molar-refractivity contribution in [3.63, 3.8) is 0 Å². The second-order valence-corrected chi connectivity index (χ2v) is 5.13. The number of nitrogens with zero attached hydrogens (tertiary/aromatic N) is 2. The van der Waals surface area contributed by atoms with Gasteiger partial charge < -0.3 is 21.2 Å². The average molecular weight is 286 g/mol. The van der Waals surface area contributed by atoms with Crippen LogP contribution in [-0.4, -0.2) is 47.5 Å². The van der Waals surface area contributed by atoms with Gasteiger partial charge in [-0.25, -0.2) is 0 Å². The van der Waals surface area contributed by atoms with Crippen LogP contribution in [0, 0.1) is 5.41 Å². The van der Waals surface area contributed by atoms with Gasteiger partial charge in [-0.15, -0.1) is 0 Å². The zero-order valence-electron chi connectivity index (χ0n) is 13.4. The molecule has 0 saturated carbocycles. The molecule has 0 aliphatic heterocycles. The summed E-state index contributed by atoms with van der Waals surface area (Å²) in [4.78, 5) is 14.7. The lowest BCUT2D eigenvalue weighted by molar-refractivity contribution is -0.128. The van der Waals surface area contributed by atoms with E-state index in [9.17, 15) is 4.79 Å². The number of carbonyl (C=O) groups excluding carboxylic acids is 1. The van der Waals surface area contributed by atoms with Gasteiger partial charge in [-0.2, -0.15) is 0 Å². The minimum atomic E-state index is -0.924. The first kappa shape index (κ1) is 18.7. The summed E-state index contributed by atoms with van der Waals surface area (Å²) in [6.07, 6.45) is 1.01. The summed E-state index contributed by atoms with van der Waals surface area (Å²) in [6, 6.07) is 0.0198. The largest absolute Gasteiger partial charge is 0.409 e. The Morgan fingerprint density at radius 3 is 2.15 bits per heavy atom. The lowest BCUT2D eigenvalue weighted by Gasteiger charge is -2.31.